The number of hydrogen-bond donors (Lipinski definition) is 7. The van der Waals surface area contributed by atoms with E-state index in [9.17, 15) is 48.3 Å². The molecule has 10 rings (SSSR count). The fourth-order valence-electron chi connectivity index (χ4n) is 11.0. The molecule has 22 heteroatoms. The number of nitrogens with one attached hydrogen (secondary N) is 6. The number of aryl methyl sites for hydroxylation is 1. The highest BCUT2D eigenvalue weighted by Gasteiger charge is 2.46. The van der Waals surface area contributed by atoms with Crippen LogP contribution in [0.2, 0.25) is 0 Å². The van der Waals surface area contributed by atoms with Gasteiger partial charge in [-0.05, 0) is 86.1 Å². The van der Waals surface area contributed by atoms with Gasteiger partial charge in [0.1, 0.15) is 31.3 Å². The number of nitrogens with zero attached hydrogens (tertiary/aromatic N) is 3. The van der Waals surface area contributed by atoms with Crippen LogP contribution in [0, 0.1) is 18.7 Å². The number of imide groups is 1. The lowest BCUT2D eigenvalue weighted by atomic mass is 9.81. The number of rotatable bonds is 22. The average molecular weight is 1060 g/mol. The third-order valence-corrected chi connectivity index (χ3v) is 15.2. The molecule has 7 amide bonds. The van der Waals surface area contributed by atoms with Crippen LogP contribution < -0.4 is 42.8 Å². The molecule has 5 aromatic rings. The first-order valence-electron chi connectivity index (χ1n) is 26.0. The van der Waals surface area contributed by atoms with E-state index < -0.39 is 84.3 Å². The summed E-state index contributed by atoms with van der Waals surface area (Å²) in [7, 11) is 0. The van der Waals surface area contributed by atoms with Crippen molar-refractivity contribution in [2.75, 3.05) is 32.9 Å². The van der Waals surface area contributed by atoms with Crippen LogP contribution in [-0.2, 0) is 72.9 Å². The Balaban J connectivity index is 0.798. The van der Waals surface area contributed by atoms with Crippen molar-refractivity contribution in [3.63, 3.8) is 0 Å². The smallest absolute Gasteiger partial charge is 0.343 e. The SMILES string of the molecule is CC[C@@]1(O)C(=O)OCc2c1cc1c3nc4cc(F)c(C)c5c4c4c3c(n1c2=O)=C(C(OCNC(=O)CNC(=O)[C@H](Cc1ccccc1)NC(=O)CNC(=O)CNC(=O)CCCCCN1C(=O)C=CC1=O)C1CC1)N[C@H]4CC5. The van der Waals surface area contributed by atoms with Gasteiger partial charge in [0.2, 0.25) is 29.5 Å². The van der Waals surface area contributed by atoms with Crippen LogP contribution in [0.5, 0.6) is 0 Å². The predicted molar refractivity (Wildman–Crippen MR) is 274 cm³/mol. The second kappa shape index (κ2) is 21.5. The number of halogens is 1. The molecule has 4 atom stereocenters. The summed E-state index contributed by atoms with van der Waals surface area (Å²) in [6.45, 7) is 1.57. The maximum atomic E-state index is 15.5. The number of carbonyl (C=O) groups excluding carboxylic acids is 8. The minimum absolute atomic E-state index is 0.0149. The van der Waals surface area contributed by atoms with Crippen LogP contribution in [0.1, 0.15) is 97.7 Å². The van der Waals surface area contributed by atoms with E-state index in [0.717, 1.165) is 34.3 Å². The fraction of sp³-hybridized carbons (Fsp3) is 0.418. The Hall–Kier alpha value is -8.11. The van der Waals surface area contributed by atoms with E-state index in [1.165, 1.54) is 22.6 Å². The number of cyclic esters (lactones) is 1. The summed E-state index contributed by atoms with van der Waals surface area (Å²) in [4.78, 5) is 122. The average Bonchev–Trinajstić information content (AvgIpc) is 4.36. The quantitative estimate of drug-likeness (QED) is 0.0220. The molecule has 5 aliphatic rings. The van der Waals surface area contributed by atoms with E-state index in [1.54, 1.807) is 50.2 Å². The van der Waals surface area contributed by atoms with Gasteiger partial charge < -0.3 is 46.5 Å². The first-order chi connectivity index (χ1) is 37.1. The zero-order valence-electron chi connectivity index (χ0n) is 42.5. The number of hydrogen-bond acceptors (Lipinski definition) is 14. The van der Waals surface area contributed by atoms with Gasteiger partial charge >= 0.3 is 5.97 Å². The van der Waals surface area contributed by atoms with Gasteiger partial charge in [-0.2, -0.15) is 0 Å². The second-order valence-electron chi connectivity index (χ2n) is 20.2. The summed E-state index contributed by atoms with van der Waals surface area (Å²) in [6.07, 6.45) is 6.15. The van der Waals surface area contributed by atoms with Gasteiger partial charge in [0.05, 0.1) is 58.8 Å². The maximum absolute atomic E-state index is 15.5. The molecule has 402 valence electrons. The van der Waals surface area contributed by atoms with E-state index >= 15 is 4.39 Å². The van der Waals surface area contributed by atoms with Crippen molar-refractivity contribution in [2.45, 2.75) is 108 Å². The van der Waals surface area contributed by atoms with Crippen molar-refractivity contribution in [3.8, 4) is 0 Å². The summed E-state index contributed by atoms with van der Waals surface area (Å²) in [5.41, 5.74) is 2.32. The Morgan fingerprint density at radius 2 is 1.60 bits per heavy atom. The monoisotopic (exact) mass is 1060 g/mol. The molecule has 6 heterocycles. The van der Waals surface area contributed by atoms with Crippen LogP contribution in [0.15, 0.2) is 59.4 Å². The Morgan fingerprint density at radius 1 is 0.883 bits per heavy atom. The Labute approximate surface area is 439 Å². The van der Waals surface area contributed by atoms with Crippen molar-refractivity contribution >= 4 is 80.3 Å². The molecular weight excluding hydrogens is 998 g/mol. The third-order valence-electron chi connectivity index (χ3n) is 15.2. The molecule has 77 heavy (non-hydrogen) atoms. The Bertz CT molecular complexity index is 3450. The molecule has 21 nitrogen and oxygen atoms in total. The molecule has 7 N–H and O–H groups in total. The first-order valence-corrected chi connectivity index (χ1v) is 26.0. The summed E-state index contributed by atoms with van der Waals surface area (Å²) < 4.78 is 28.9. The summed E-state index contributed by atoms with van der Waals surface area (Å²) in [5.74, 6) is -5.02. The van der Waals surface area contributed by atoms with Crippen molar-refractivity contribution < 1.29 is 57.3 Å². The number of amides is 7. The van der Waals surface area contributed by atoms with Crippen LogP contribution in [0.4, 0.5) is 4.39 Å². The van der Waals surface area contributed by atoms with Gasteiger partial charge in [-0.25, -0.2) is 14.2 Å². The highest BCUT2D eigenvalue weighted by atomic mass is 19.1. The number of unbranched alkanes of at least 4 members (excludes halogenated alkanes) is 2. The number of aliphatic hydroxyl groups is 1. The van der Waals surface area contributed by atoms with Gasteiger partial charge in [0.15, 0.2) is 5.60 Å². The zero-order chi connectivity index (χ0) is 54.3. The first kappa shape index (κ1) is 52.3. The molecular formula is C55H58FN9O12. The van der Waals surface area contributed by atoms with Gasteiger partial charge in [0.25, 0.3) is 17.4 Å². The van der Waals surface area contributed by atoms with Crippen LogP contribution >= 0.6 is 0 Å². The van der Waals surface area contributed by atoms with Crippen molar-refractivity contribution in [1.82, 2.24) is 46.2 Å². The summed E-state index contributed by atoms with van der Waals surface area (Å²) in [5, 5.41) is 30.2. The van der Waals surface area contributed by atoms with Gasteiger partial charge in [-0.1, -0.05) is 43.7 Å². The van der Waals surface area contributed by atoms with E-state index in [2.05, 4.69) is 31.9 Å². The normalized spacial score (nSPS) is 19.0. The topological polar surface area (TPSA) is 285 Å². The molecule has 1 unspecified atom stereocenters. The summed E-state index contributed by atoms with van der Waals surface area (Å²) in [6, 6.07) is 10.4. The highest BCUT2D eigenvalue weighted by molar-refractivity contribution is 6.13. The van der Waals surface area contributed by atoms with Gasteiger partial charge in [0, 0.05) is 53.9 Å². The number of benzene rings is 2. The molecule has 3 aliphatic heterocycles. The number of pyridine rings is 2. The van der Waals surface area contributed by atoms with Crippen molar-refractivity contribution in [1.29, 1.82) is 0 Å². The summed E-state index contributed by atoms with van der Waals surface area (Å²) >= 11 is 0. The molecule has 2 aliphatic carbocycles. The largest absolute Gasteiger partial charge is 0.458 e. The number of ether oxygens (including phenoxy) is 2. The molecule has 1 saturated carbocycles. The van der Waals surface area contributed by atoms with Crippen molar-refractivity contribution in [2.24, 2.45) is 5.92 Å². The van der Waals surface area contributed by atoms with E-state index in [-0.39, 0.29) is 74.0 Å². The van der Waals surface area contributed by atoms with Crippen LogP contribution in [-0.4, -0.2) is 112 Å². The minimum Gasteiger partial charge on any atom is -0.458 e. The molecule has 1 fully saturated rings. The number of carbonyl (C=O) groups is 8. The van der Waals surface area contributed by atoms with E-state index in [0.29, 0.717) is 76.2 Å². The highest BCUT2D eigenvalue weighted by Crippen LogP contribution is 2.46. The number of esters is 1. The lowest BCUT2D eigenvalue weighted by Gasteiger charge is -2.35. The standard InChI is InChI=1S/C55H58FN9O12/c1-3-55(75)33-21-38-48-47-46-35(16-15-31-28(2)34(56)22-36(63-48)45(31)46)62-49(50(47)65(38)53(73)32(33)26-76-54(55)74)51(30-13-14-30)77-27-60-41(68)24-59-52(72)37(20-29-10-6-4-7-11-29)61-42(69)25-58-40(67)23-57-39(66)12-8-5-9-19-64-43(70)17-18-44(64)71/h4,6-7,10-11,17-18,21-22,30,35,37,51,62,75H,3,5,8-9,12-16,19-20,23-27H2,1-2H3,(H,57,66)(H,58,67)(H,59,72)(H,60,68)(H,61,69)/t35-,37-,51?,55-/m0/s1. The lowest BCUT2D eigenvalue weighted by Crippen LogP contribution is -2.52. The van der Waals surface area contributed by atoms with E-state index in [1.807, 2.05) is 0 Å². The van der Waals surface area contributed by atoms with Gasteiger partial charge in [-0.3, -0.25) is 47.7 Å². The maximum Gasteiger partial charge on any atom is 0.343 e. The molecule has 2 aromatic carbocycles. The predicted octanol–water partition coefficient (Wildman–Crippen LogP) is 0.951. The Kier molecular flexibility index (Phi) is 14.6. The molecule has 0 spiro atoms. The van der Waals surface area contributed by atoms with E-state index in [4.69, 9.17) is 14.5 Å². The third kappa shape index (κ3) is 10.2. The van der Waals surface area contributed by atoms with Gasteiger partial charge in [-0.15, -0.1) is 0 Å². The second-order valence-corrected chi connectivity index (χ2v) is 20.2. The zero-order valence-corrected chi connectivity index (χ0v) is 42.5. The molecule has 0 radical (unpaired) electrons. The van der Waals surface area contributed by atoms with Crippen LogP contribution in [0.3, 0.4) is 0 Å². The van der Waals surface area contributed by atoms with Crippen LogP contribution in [0.25, 0.3) is 33.0 Å². The fourth-order valence-corrected chi connectivity index (χ4v) is 11.0. The lowest BCUT2D eigenvalue weighted by molar-refractivity contribution is -0.172. The Morgan fingerprint density at radius 3 is 2.34 bits per heavy atom. The molecule has 0 bridgehead atoms. The van der Waals surface area contributed by atoms with Crippen molar-refractivity contribution in [3.05, 3.63) is 110 Å². The molecule has 0 saturated heterocycles. The number of fused-ring (bicyclic) bond motifs is 4. The number of aromatic nitrogens is 2. The molecule has 3 aromatic heterocycles. The minimum atomic E-state index is -2.08.